The number of para-hydroxylation sites is 1. The smallest absolute Gasteiger partial charge is 0.291 e. The van der Waals surface area contributed by atoms with Gasteiger partial charge in [-0.15, -0.1) is 0 Å². The third-order valence-electron chi connectivity index (χ3n) is 6.72. The lowest BCUT2D eigenvalue weighted by atomic mass is 9.98. The van der Waals surface area contributed by atoms with E-state index < -0.39 is 6.04 Å². The zero-order chi connectivity index (χ0) is 23.8. The molecule has 0 N–H and O–H groups in total. The molecule has 2 aliphatic heterocycles. The maximum absolute atomic E-state index is 13.6. The zero-order valence-corrected chi connectivity index (χ0v) is 19.2. The van der Waals surface area contributed by atoms with Gasteiger partial charge >= 0.3 is 0 Å². The molecule has 6 rings (SSSR count). The Bertz CT molecular complexity index is 1440. The van der Waals surface area contributed by atoms with Crippen molar-refractivity contribution in [1.29, 1.82) is 0 Å². The molecule has 3 heterocycles. The molecule has 0 spiro atoms. The molecule has 1 amide bonds. The highest BCUT2D eigenvalue weighted by Crippen LogP contribution is 2.39. The fourth-order valence-corrected chi connectivity index (χ4v) is 5.03. The van der Waals surface area contributed by atoms with Gasteiger partial charge in [0.1, 0.15) is 17.9 Å². The highest BCUT2D eigenvalue weighted by Gasteiger charge is 2.44. The van der Waals surface area contributed by atoms with Crippen LogP contribution in [0.25, 0.3) is 11.0 Å². The molecule has 2 atom stereocenters. The summed E-state index contributed by atoms with van der Waals surface area (Å²) in [5.41, 5.74) is 2.49. The fraction of sp³-hybridized carbons (Fsp3) is 0.241. The number of hydrogen-bond donors (Lipinski definition) is 0. The quantitative estimate of drug-likeness (QED) is 0.395. The van der Waals surface area contributed by atoms with E-state index in [1.54, 1.807) is 29.2 Å². The van der Waals surface area contributed by atoms with E-state index in [1.807, 2.05) is 54.6 Å². The van der Waals surface area contributed by atoms with Crippen LogP contribution in [0.15, 0.2) is 88.1 Å². The molecule has 2 aliphatic rings. The molecule has 6 heteroatoms. The largest absolute Gasteiger partial charge is 0.489 e. The number of carbonyl (C=O) groups is 1. The van der Waals surface area contributed by atoms with Crippen molar-refractivity contribution in [1.82, 2.24) is 4.90 Å². The van der Waals surface area contributed by atoms with Crippen molar-refractivity contribution in [3.8, 4) is 5.75 Å². The van der Waals surface area contributed by atoms with Crippen LogP contribution in [0.5, 0.6) is 5.75 Å². The Morgan fingerprint density at radius 1 is 0.943 bits per heavy atom. The van der Waals surface area contributed by atoms with Crippen molar-refractivity contribution in [2.45, 2.75) is 31.6 Å². The fourth-order valence-electron chi connectivity index (χ4n) is 5.03. The van der Waals surface area contributed by atoms with Gasteiger partial charge in [-0.1, -0.05) is 54.6 Å². The van der Waals surface area contributed by atoms with Crippen molar-refractivity contribution in [2.75, 3.05) is 13.2 Å². The van der Waals surface area contributed by atoms with Crippen LogP contribution in [0.3, 0.4) is 0 Å². The van der Waals surface area contributed by atoms with E-state index in [0.717, 1.165) is 24.0 Å². The van der Waals surface area contributed by atoms with E-state index in [9.17, 15) is 9.59 Å². The lowest BCUT2D eigenvalue weighted by Gasteiger charge is -2.27. The Morgan fingerprint density at radius 2 is 1.77 bits per heavy atom. The SMILES string of the molecule is O=C1c2oc3ccccc3c(=O)c2[C@@H](c2cccc(OCc3ccccc3)c2)N1C[C@H]1CCCO1. The van der Waals surface area contributed by atoms with Crippen LogP contribution < -0.4 is 10.2 Å². The van der Waals surface area contributed by atoms with Crippen LogP contribution in [-0.2, 0) is 11.3 Å². The van der Waals surface area contributed by atoms with Gasteiger partial charge in [0, 0.05) is 13.2 Å². The second-order valence-corrected chi connectivity index (χ2v) is 9.01. The third kappa shape index (κ3) is 4.00. The first-order valence-corrected chi connectivity index (χ1v) is 11.9. The molecule has 0 radical (unpaired) electrons. The van der Waals surface area contributed by atoms with Crippen LogP contribution >= 0.6 is 0 Å². The zero-order valence-electron chi connectivity index (χ0n) is 19.2. The molecule has 3 aromatic carbocycles. The first-order valence-electron chi connectivity index (χ1n) is 11.9. The van der Waals surface area contributed by atoms with Crippen molar-refractivity contribution in [3.63, 3.8) is 0 Å². The standard InChI is InChI=1S/C29H25NO5/c31-27-23-13-4-5-14-24(23)35-28-25(27)26(30(29(28)32)17-22-12-7-15-33-22)20-10-6-11-21(16-20)34-18-19-8-2-1-3-9-19/h1-6,8-11,13-14,16,22,26H,7,12,15,17-18H2/t22-,26-/m1/s1. The summed E-state index contributed by atoms with van der Waals surface area (Å²) in [7, 11) is 0. The van der Waals surface area contributed by atoms with Crippen molar-refractivity contribution >= 4 is 16.9 Å². The first kappa shape index (κ1) is 21.6. The van der Waals surface area contributed by atoms with Crippen LogP contribution in [0.2, 0.25) is 0 Å². The second kappa shape index (κ2) is 9.04. The van der Waals surface area contributed by atoms with E-state index in [0.29, 0.717) is 42.0 Å². The Hall–Kier alpha value is -3.90. The van der Waals surface area contributed by atoms with E-state index in [2.05, 4.69) is 0 Å². The summed E-state index contributed by atoms with van der Waals surface area (Å²) in [5, 5.41) is 0.472. The van der Waals surface area contributed by atoms with E-state index >= 15 is 0 Å². The summed E-state index contributed by atoms with van der Waals surface area (Å²) in [6.07, 6.45) is 1.79. The Labute approximate surface area is 202 Å². The van der Waals surface area contributed by atoms with Gasteiger partial charge in [-0.3, -0.25) is 9.59 Å². The van der Waals surface area contributed by atoms with Crippen LogP contribution in [0.4, 0.5) is 0 Å². The number of nitrogens with zero attached hydrogens (tertiary/aromatic N) is 1. The van der Waals surface area contributed by atoms with Crippen molar-refractivity contribution in [3.05, 3.63) is 112 Å². The average Bonchev–Trinajstić information content (AvgIpc) is 3.51. The molecule has 0 aliphatic carbocycles. The molecular formula is C29H25NO5. The van der Waals surface area contributed by atoms with E-state index in [4.69, 9.17) is 13.9 Å². The maximum atomic E-state index is 13.6. The lowest BCUT2D eigenvalue weighted by Crippen LogP contribution is -2.36. The van der Waals surface area contributed by atoms with Gasteiger partial charge in [0.05, 0.1) is 23.1 Å². The number of hydrogen-bond acceptors (Lipinski definition) is 5. The highest BCUT2D eigenvalue weighted by molar-refractivity contribution is 5.99. The molecule has 1 saturated heterocycles. The topological polar surface area (TPSA) is 69.0 Å². The summed E-state index contributed by atoms with van der Waals surface area (Å²) in [5.74, 6) is 0.515. The minimum atomic E-state index is -0.567. The Morgan fingerprint density at radius 3 is 2.60 bits per heavy atom. The molecule has 0 unspecified atom stereocenters. The normalized spacial score (nSPS) is 19.3. The third-order valence-corrected chi connectivity index (χ3v) is 6.72. The number of benzene rings is 3. The number of fused-ring (bicyclic) bond motifs is 2. The first-order chi connectivity index (χ1) is 17.2. The van der Waals surface area contributed by atoms with Gasteiger partial charge in [-0.2, -0.15) is 0 Å². The Balaban J connectivity index is 1.41. The van der Waals surface area contributed by atoms with Gasteiger partial charge < -0.3 is 18.8 Å². The van der Waals surface area contributed by atoms with E-state index in [1.165, 1.54) is 0 Å². The van der Waals surface area contributed by atoms with Gasteiger partial charge in [-0.25, -0.2) is 0 Å². The van der Waals surface area contributed by atoms with Crippen molar-refractivity contribution in [2.24, 2.45) is 0 Å². The minimum absolute atomic E-state index is 0.0576. The van der Waals surface area contributed by atoms with Gasteiger partial charge in [0.15, 0.2) is 5.43 Å². The molecule has 1 aromatic heterocycles. The second-order valence-electron chi connectivity index (χ2n) is 9.01. The average molecular weight is 468 g/mol. The number of ether oxygens (including phenoxy) is 2. The van der Waals surface area contributed by atoms with Gasteiger partial charge in [-0.05, 0) is 48.2 Å². The molecule has 0 saturated carbocycles. The monoisotopic (exact) mass is 467 g/mol. The minimum Gasteiger partial charge on any atom is -0.489 e. The Kier molecular flexibility index (Phi) is 5.58. The van der Waals surface area contributed by atoms with Gasteiger partial charge in [0.2, 0.25) is 5.76 Å². The van der Waals surface area contributed by atoms with E-state index in [-0.39, 0.29) is 23.2 Å². The summed E-state index contributed by atoms with van der Waals surface area (Å²) < 4.78 is 17.9. The molecule has 176 valence electrons. The predicted molar refractivity (Wildman–Crippen MR) is 132 cm³/mol. The predicted octanol–water partition coefficient (Wildman–Crippen LogP) is 5.10. The summed E-state index contributed by atoms with van der Waals surface area (Å²) in [6, 6.07) is 24.1. The number of amides is 1. The van der Waals surface area contributed by atoms with Crippen LogP contribution in [0, 0.1) is 0 Å². The molecule has 4 aromatic rings. The maximum Gasteiger partial charge on any atom is 0.291 e. The van der Waals surface area contributed by atoms with Crippen molar-refractivity contribution < 1.29 is 18.7 Å². The summed E-state index contributed by atoms with van der Waals surface area (Å²) in [4.78, 5) is 28.9. The summed E-state index contributed by atoms with van der Waals surface area (Å²) >= 11 is 0. The number of carbonyl (C=O) groups excluding carboxylic acids is 1. The molecule has 0 bridgehead atoms. The van der Waals surface area contributed by atoms with Crippen LogP contribution in [0.1, 0.15) is 46.1 Å². The summed E-state index contributed by atoms with van der Waals surface area (Å²) in [6.45, 7) is 1.52. The molecule has 35 heavy (non-hydrogen) atoms. The molecule has 1 fully saturated rings. The van der Waals surface area contributed by atoms with Crippen LogP contribution in [-0.4, -0.2) is 30.1 Å². The highest BCUT2D eigenvalue weighted by atomic mass is 16.5. The lowest BCUT2D eigenvalue weighted by molar-refractivity contribution is 0.0486. The molecular weight excluding hydrogens is 442 g/mol. The van der Waals surface area contributed by atoms with Gasteiger partial charge in [0.25, 0.3) is 5.91 Å². The molecule has 6 nitrogen and oxygen atoms in total. The number of rotatable bonds is 6.